The molecule has 1 saturated carbocycles. The van der Waals surface area contributed by atoms with Crippen LogP contribution in [-0.2, 0) is 4.79 Å². The summed E-state index contributed by atoms with van der Waals surface area (Å²) in [6, 6.07) is 0. The van der Waals surface area contributed by atoms with Gasteiger partial charge >= 0.3 is 0 Å². The molecule has 1 fully saturated rings. The number of rotatable bonds is 1. The highest BCUT2D eigenvalue weighted by Crippen LogP contribution is 2.26. The van der Waals surface area contributed by atoms with Gasteiger partial charge in [-0.3, -0.25) is 0 Å². The Morgan fingerprint density at radius 2 is 1.67 bits per heavy atom. The molecule has 0 aliphatic heterocycles. The number of carbonyl (C=O) groups excluding carboxylic acids is 1. The first kappa shape index (κ1) is 11.4. The van der Waals surface area contributed by atoms with E-state index in [2.05, 4.69) is 13.5 Å². The van der Waals surface area contributed by atoms with Crippen LogP contribution in [0.1, 0.15) is 39.5 Å². The van der Waals surface area contributed by atoms with Crippen LogP contribution < -0.4 is 0 Å². The molecule has 1 heteroatoms. The van der Waals surface area contributed by atoms with Crippen LogP contribution in [0.2, 0.25) is 0 Å². The molecule has 12 heavy (non-hydrogen) atoms. The van der Waals surface area contributed by atoms with Gasteiger partial charge in [0, 0.05) is 5.92 Å². The van der Waals surface area contributed by atoms with E-state index in [1.807, 2.05) is 6.92 Å². The molecule has 0 radical (unpaired) electrons. The van der Waals surface area contributed by atoms with E-state index >= 15 is 0 Å². The molecule has 0 aromatic heterocycles. The zero-order valence-corrected chi connectivity index (χ0v) is 8.25. The molecule has 1 nitrogen and oxygen atoms in total. The lowest BCUT2D eigenvalue weighted by molar-refractivity contribution is -0.112. The van der Waals surface area contributed by atoms with Gasteiger partial charge in [0.15, 0.2) is 0 Å². The molecule has 0 saturated heterocycles. The summed E-state index contributed by atoms with van der Waals surface area (Å²) in [6.45, 7) is 7.51. The summed E-state index contributed by atoms with van der Waals surface area (Å²) in [5.74, 6) is 1.25. The Bertz CT molecular complexity index is 121. The van der Waals surface area contributed by atoms with Crippen molar-refractivity contribution in [1.29, 1.82) is 0 Å². The van der Waals surface area contributed by atoms with Crippen LogP contribution in [0.4, 0.5) is 0 Å². The van der Waals surface area contributed by atoms with E-state index in [4.69, 9.17) is 0 Å². The highest BCUT2D eigenvalue weighted by atomic mass is 16.1. The van der Waals surface area contributed by atoms with E-state index in [9.17, 15) is 4.79 Å². The molecule has 0 atom stereocenters. The maximum absolute atomic E-state index is 10.3. The summed E-state index contributed by atoms with van der Waals surface area (Å²) in [4.78, 5) is 10.3. The molecule has 0 bridgehead atoms. The third-order valence-corrected chi connectivity index (χ3v) is 2.25. The first-order chi connectivity index (χ1) is 5.74. The summed E-state index contributed by atoms with van der Waals surface area (Å²) < 4.78 is 0. The minimum atomic E-state index is 0.390. The number of carbonyl (C=O) groups is 1. The first-order valence-corrected chi connectivity index (χ1v) is 4.76. The normalized spacial score (nSPS) is 28.2. The van der Waals surface area contributed by atoms with Crippen molar-refractivity contribution < 1.29 is 4.79 Å². The Labute approximate surface area is 75.9 Å². The minimum absolute atomic E-state index is 0.390. The van der Waals surface area contributed by atoms with Gasteiger partial charge < -0.3 is 4.79 Å². The van der Waals surface area contributed by atoms with Crippen LogP contribution in [0.15, 0.2) is 12.7 Å². The van der Waals surface area contributed by atoms with Crippen molar-refractivity contribution in [3.05, 3.63) is 12.7 Å². The van der Waals surface area contributed by atoms with Crippen molar-refractivity contribution in [3.8, 4) is 0 Å². The Balaban J connectivity index is 0.000000354. The Kier molecular flexibility index (Phi) is 6.73. The van der Waals surface area contributed by atoms with Crippen LogP contribution >= 0.6 is 0 Å². The topological polar surface area (TPSA) is 17.1 Å². The summed E-state index contributed by atoms with van der Waals surface area (Å²) in [5.41, 5.74) is 0. The standard InChI is InChI=1S/C8H14O.C3H6/c1-7-2-4-8(6-9)5-3-7;1-3-2/h6-8H,2-5H2,1H3;3H,1H2,2H3. The molecule has 0 N–H and O–H groups in total. The van der Waals surface area contributed by atoms with Crippen molar-refractivity contribution in [2.45, 2.75) is 39.5 Å². The van der Waals surface area contributed by atoms with E-state index < -0.39 is 0 Å². The fraction of sp³-hybridized carbons (Fsp3) is 0.727. The van der Waals surface area contributed by atoms with E-state index in [0.29, 0.717) is 5.92 Å². The van der Waals surface area contributed by atoms with E-state index in [-0.39, 0.29) is 0 Å². The van der Waals surface area contributed by atoms with Crippen molar-refractivity contribution >= 4 is 6.29 Å². The third-order valence-electron chi connectivity index (χ3n) is 2.25. The largest absolute Gasteiger partial charge is 0.303 e. The second-order valence-corrected chi connectivity index (χ2v) is 3.56. The SMILES string of the molecule is C=CC.CC1CCC(C=O)CC1. The van der Waals surface area contributed by atoms with Gasteiger partial charge in [-0.2, -0.15) is 0 Å². The van der Waals surface area contributed by atoms with Crippen molar-refractivity contribution in [1.82, 2.24) is 0 Å². The zero-order valence-electron chi connectivity index (χ0n) is 8.25. The summed E-state index contributed by atoms with van der Waals surface area (Å²) in [5, 5.41) is 0. The molecule has 0 aromatic carbocycles. The molecule has 1 aliphatic carbocycles. The molecule has 0 unspecified atom stereocenters. The number of hydrogen-bond donors (Lipinski definition) is 0. The second kappa shape index (κ2) is 7.08. The molecular weight excluding hydrogens is 148 g/mol. The Hall–Kier alpha value is -0.590. The maximum Gasteiger partial charge on any atom is 0.123 e. The Morgan fingerprint density at radius 3 is 2.00 bits per heavy atom. The summed E-state index contributed by atoms with van der Waals surface area (Å²) in [7, 11) is 0. The molecule has 0 aromatic rings. The van der Waals surface area contributed by atoms with Gasteiger partial charge in [-0.05, 0) is 25.7 Å². The number of allylic oxidation sites excluding steroid dienone is 1. The van der Waals surface area contributed by atoms with Crippen molar-refractivity contribution in [2.24, 2.45) is 11.8 Å². The quantitative estimate of drug-likeness (QED) is 0.434. The molecule has 0 spiro atoms. The van der Waals surface area contributed by atoms with Gasteiger partial charge in [0.2, 0.25) is 0 Å². The molecular formula is C11H20O. The van der Waals surface area contributed by atoms with Crippen molar-refractivity contribution in [2.75, 3.05) is 0 Å². The Morgan fingerprint density at radius 1 is 1.25 bits per heavy atom. The average Bonchev–Trinajstić information content (AvgIpc) is 2.07. The van der Waals surface area contributed by atoms with Gasteiger partial charge in [-0.25, -0.2) is 0 Å². The van der Waals surface area contributed by atoms with Crippen molar-refractivity contribution in [3.63, 3.8) is 0 Å². The molecule has 1 aliphatic rings. The van der Waals surface area contributed by atoms with Gasteiger partial charge in [-0.1, -0.05) is 25.8 Å². The van der Waals surface area contributed by atoms with Gasteiger partial charge in [-0.15, -0.1) is 6.58 Å². The smallest absolute Gasteiger partial charge is 0.123 e. The molecule has 0 heterocycles. The van der Waals surface area contributed by atoms with Crippen LogP contribution in [-0.4, -0.2) is 6.29 Å². The monoisotopic (exact) mass is 168 g/mol. The minimum Gasteiger partial charge on any atom is -0.303 e. The van der Waals surface area contributed by atoms with Crippen LogP contribution in [0, 0.1) is 11.8 Å². The van der Waals surface area contributed by atoms with Gasteiger partial charge in [0.05, 0.1) is 0 Å². The first-order valence-electron chi connectivity index (χ1n) is 4.76. The van der Waals surface area contributed by atoms with Crippen LogP contribution in [0.5, 0.6) is 0 Å². The fourth-order valence-electron chi connectivity index (χ4n) is 1.42. The third kappa shape index (κ3) is 5.11. The van der Waals surface area contributed by atoms with E-state index in [0.717, 1.165) is 25.0 Å². The van der Waals surface area contributed by atoms with Gasteiger partial charge in [0.1, 0.15) is 6.29 Å². The lowest BCUT2D eigenvalue weighted by Gasteiger charge is -2.21. The summed E-state index contributed by atoms with van der Waals surface area (Å²) >= 11 is 0. The lowest BCUT2D eigenvalue weighted by Crippen LogP contribution is -2.12. The van der Waals surface area contributed by atoms with Crippen LogP contribution in [0.25, 0.3) is 0 Å². The predicted molar refractivity (Wildman–Crippen MR) is 53.1 cm³/mol. The van der Waals surface area contributed by atoms with E-state index in [1.54, 1.807) is 6.08 Å². The average molecular weight is 168 g/mol. The number of hydrogen-bond acceptors (Lipinski definition) is 1. The number of aldehydes is 1. The summed E-state index contributed by atoms with van der Waals surface area (Å²) in [6.07, 6.45) is 7.63. The maximum atomic E-state index is 10.3. The highest BCUT2D eigenvalue weighted by molar-refractivity contribution is 5.53. The molecule has 70 valence electrons. The van der Waals surface area contributed by atoms with Gasteiger partial charge in [0.25, 0.3) is 0 Å². The lowest BCUT2D eigenvalue weighted by atomic mass is 9.84. The zero-order chi connectivity index (χ0) is 9.40. The van der Waals surface area contributed by atoms with E-state index in [1.165, 1.54) is 12.8 Å². The predicted octanol–water partition coefficient (Wildman–Crippen LogP) is 3.20. The fourth-order valence-corrected chi connectivity index (χ4v) is 1.42. The molecule has 0 amide bonds. The highest BCUT2D eigenvalue weighted by Gasteiger charge is 2.16. The second-order valence-electron chi connectivity index (χ2n) is 3.56. The molecule has 1 rings (SSSR count). The van der Waals surface area contributed by atoms with Crippen LogP contribution in [0.3, 0.4) is 0 Å².